The van der Waals surface area contributed by atoms with Crippen LogP contribution < -0.4 is 11.1 Å². The Morgan fingerprint density at radius 1 is 1.19 bits per heavy atom. The molecular weight excluding hydrogens is 349 g/mol. The SMILES string of the molecule is CC1(c2cc(Nc3ncnc4ccccc34)ccc2F)CCSC(N)=N1. The van der Waals surface area contributed by atoms with Crippen LogP contribution in [0.1, 0.15) is 18.9 Å². The third kappa shape index (κ3) is 3.10. The molecule has 3 N–H and O–H groups in total. The van der Waals surface area contributed by atoms with Crippen LogP contribution in [0.2, 0.25) is 0 Å². The van der Waals surface area contributed by atoms with E-state index in [0.29, 0.717) is 16.5 Å². The van der Waals surface area contributed by atoms with E-state index in [1.54, 1.807) is 12.1 Å². The van der Waals surface area contributed by atoms with Crippen LogP contribution >= 0.6 is 11.8 Å². The van der Waals surface area contributed by atoms with Gasteiger partial charge in [-0.1, -0.05) is 23.9 Å². The zero-order valence-corrected chi connectivity index (χ0v) is 15.1. The number of aromatic nitrogens is 2. The number of nitrogens with two attached hydrogens (primary N) is 1. The molecule has 1 unspecified atom stereocenters. The standard InChI is InChI=1S/C19H18FN5S/c1-19(8-9-26-18(21)25-19)14-10-12(6-7-15(14)20)24-17-13-4-2-3-5-16(13)22-11-23-17/h2-7,10-11H,8-9H2,1H3,(H2,21,25)(H,22,23,24). The van der Waals surface area contributed by atoms with Crippen LogP contribution in [0.4, 0.5) is 15.9 Å². The first-order valence-corrected chi connectivity index (χ1v) is 9.29. The molecule has 3 aromatic rings. The van der Waals surface area contributed by atoms with Gasteiger partial charge in [0, 0.05) is 22.4 Å². The van der Waals surface area contributed by atoms with Gasteiger partial charge in [-0.15, -0.1) is 0 Å². The number of rotatable bonds is 3. The highest BCUT2D eigenvalue weighted by molar-refractivity contribution is 8.13. The number of nitrogens with one attached hydrogen (secondary N) is 1. The number of fused-ring (bicyclic) bond motifs is 1. The van der Waals surface area contributed by atoms with E-state index in [-0.39, 0.29) is 5.82 Å². The van der Waals surface area contributed by atoms with Crippen LogP contribution in [0.15, 0.2) is 53.8 Å². The highest BCUT2D eigenvalue weighted by atomic mass is 32.2. The molecule has 2 aromatic carbocycles. The smallest absolute Gasteiger partial charge is 0.154 e. The van der Waals surface area contributed by atoms with E-state index in [1.807, 2.05) is 31.2 Å². The first-order valence-electron chi connectivity index (χ1n) is 8.30. The number of halogens is 1. The number of hydrogen-bond acceptors (Lipinski definition) is 6. The number of aliphatic imine (C=N–C) groups is 1. The number of thioether (sulfide) groups is 1. The normalized spacial score (nSPS) is 20.0. The molecule has 0 saturated carbocycles. The van der Waals surface area contributed by atoms with Crippen molar-refractivity contribution < 1.29 is 4.39 Å². The summed E-state index contributed by atoms with van der Waals surface area (Å²) in [6.07, 6.45) is 2.24. The molecule has 5 nitrogen and oxygen atoms in total. The van der Waals surface area contributed by atoms with Crippen LogP contribution in [0.5, 0.6) is 0 Å². The lowest BCUT2D eigenvalue weighted by Gasteiger charge is -2.30. The van der Waals surface area contributed by atoms with E-state index >= 15 is 0 Å². The van der Waals surface area contributed by atoms with Crippen LogP contribution in [0.3, 0.4) is 0 Å². The average molecular weight is 367 g/mol. The number of nitrogens with zero attached hydrogens (tertiary/aromatic N) is 3. The Kier molecular flexibility index (Phi) is 4.24. The van der Waals surface area contributed by atoms with Gasteiger partial charge in [-0.3, -0.25) is 4.99 Å². The lowest BCUT2D eigenvalue weighted by molar-refractivity contribution is 0.450. The summed E-state index contributed by atoms with van der Waals surface area (Å²) in [6, 6.07) is 12.7. The van der Waals surface area contributed by atoms with Gasteiger partial charge < -0.3 is 11.1 Å². The van der Waals surface area contributed by atoms with Crippen LogP contribution in [-0.4, -0.2) is 20.9 Å². The molecule has 0 spiro atoms. The average Bonchev–Trinajstić information content (AvgIpc) is 2.63. The van der Waals surface area contributed by atoms with Crippen molar-refractivity contribution in [2.24, 2.45) is 10.7 Å². The molecular formula is C19H18FN5S. The van der Waals surface area contributed by atoms with Crippen molar-refractivity contribution >= 4 is 39.3 Å². The Morgan fingerprint density at radius 3 is 2.88 bits per heavy atom. The zero-order chi connectivity index (χ0) is 18.1. The summed E-state index contributed by atoms with van der Waals surface area (Å²) in [7, 11) is 0. The summed E-state index contributed by atoms with van der Waals surface area (Å²) in [5, 5.41) is 4.68. The largest absolute Gasteiger partial charge is 0.379 e. The fourth-order valence-electron chi connectivity index (χ4n) is 3.14. The lowest BCUT2D eigenvalue weighted by atomic mass is 9.89. The topological polar surface area (TPSA) is 76.2 Å². The second kappa shape index (κ2) is 6.57. The van der Waals surface area contributed by atoms with E-state index < -0.39 is 5.54 Å². The van der Waals surface area contributed by atoms with Gasteiger partial charge in [0.2, 0.25) is 0 Å². The Morgan fingerprint density at radius 2 is 2.04 bits per heavy atom. The molecule has 26 heavy (non-hydrogen) atoms. The molecule has 0 radical (unpaired) electrons. The predicted molar refractivity (Wildman–Crippen MR) is 105 cm³/mol. The van der Waals surface area contributed by atoms with Crippen molar-refractivity contribution in [3.8, 4) is 0 Å². The second-order valence-corrected chi connectivity index (χ2v) is 7.50. The number of hydrogen-bond donors (Lipinski definition) is 2. The van der Waals surface area contributed by atoms with Crippen molar-refractivity contribution in [3.63, 3.8) is 0 Å². The van der Waals surface area contributed by atoms with Gasteiger partial charge in [-0.2, -0.15) is 0 Å². The molecule has 0 fully saturated rings. The monoisotopic (exact) mass is 367 g/mol. The molecule has 132 valence electrons. The van der Waals surface area contributed by atoms with E-state index in [0.717, 1.165) is 28.8 Å². The molecule has 0 bridgehead atoms. The first kappa shape index (κ1) is 16.8. The third-order valence-electron chi connectivity index (χ3n) is 4.55. The lowest BCUT2D eigenvalue weighted by Crippen LogP contribution is -2.29. The van der Waals surface area contributed by atoms with Crippen LogP contribution in [0, 0.1) is 5.82 Å². The molecule has 1 atom stereocenters. The fraction of sp³-hybridized carbons (Fsp3) is 0.211. The van der Waals surface area contributed by atoms with Gasteiger partial charge in [-0.25, -0.2) is 14.4 Å². The van der Waals surface area contributed by atoms with Crippen molar-refractivity contribution in [2.45, 2.75) is 18.9 Å². The van der Waals surface area contributed by atoms with Gasteiger partial charge in [0.25, 0.3) is 0 Å². The minimum atomic E-state index is -0.662. The van der Waals surface area contributed by atoms with Gasteiger partial charge in [0.05, 0.1) is 11.1 Å². The summed E-state index contributed by atoms with van der Waals surface area (Å²) in [6.45, 7) is 1.92. The van der Waals surface area contributed by atoms with Gasteiger partial charge in [-0.05, 0) is 43.7 Å². The maximum atomic E-state index is 14.5. The van der Waals surface area contributed by atoms with Crippen molar-refractivity contribution in [3.05, 3.63) is 60.2 Å². The van der Waals surface area contributed by atoms with Gasteiger partial charge in [0.1, 0.15) is 18.0 Å². The molecule has 2 heterocycles. The molecule has 4 rings (SSSR count). The van der Waals surface area contributed by atoms with Gasteiger partial charge in [0.15, 0.2) is 5.17 Å². The van der Waals surface area contributed by atoms with E-state index in [9.17, 15) is 4.39 Å². The number of anilines is 2. The highest BCUT2D eigenvalue weighted by Crippen LogP contribution is 2.38. The Bertz CT molecular complexity index is 1000. The maximum Gasteiger partial charge on any atom is 0.154 e. The molecule has 0 amide bonds. The first-order chi connectivity index (χ1) is 12.5. The molecule has 1 aliphatic heterocycles. The molecule has 1 aliphatic rings. The van der Waals surface area contributed by atoms with E-state index in [1.165, 1.54) is 24.2 Å². The molecule has 7 heteroatoms. The number of benzene rings is 2. The minimum absolute atomic E-state index is 0.283. The summed E-state index contributed by atoms with van der Waals surface area (Å²) in [5.41, 5.74) is 7.35. The maximum absolute atomic E-state index is 14.5. The van der Waals surface area contributed by atoms with E-state index in [4.69, 9.17) is 5.73 Å². The third-order valence-corrected chi connectivity index (χ3v) is 5.34. The second-order valence-electron chi connectivity index (χ2n) is 6.38. The predicted octanol–water partition coefficient (Wildman–Crippen LogP) is 4.18. The van der Waals surface area contributed by atoms with Crippen molar-refractivity contribution in [2.75, 3.05) is 11.1 Å². The quantitative estimate of drug-likeness (QED) is 0.726. The van der Waals surface area contributed by atoms with Crippen LogP contribution in [0.25, 0.3) is 10.9 Å². The molecule has 0 saturated heterocycles. The van der Waals surface area contributed by atoms with Crippen molar-refractivity contribution in [1.29, 1.82) is 0 Å². The molecule has 1 aromatic heterocycles. The molecule has 0 aliphatic carbocycles. The summed E-state index contributed by atoms with van der Waals surface area (Å²) in [4.78, 5) is 13.1. The minimum Gasteiger partial charge on any atom is -0.379 e. The summed E-state index contributed by atoms with van der Waals surface area (Å²) in [5.74, 6) is 1.22. The van der Waals surface area contributed by atoms with Crippen molar-refractivity contribution in [1.82, 2.24) is 9.97 Å². The number of para-hydroxylation sites is 1. The summed E-state index contributed by atoms with van der Waals surface area (Å²) < 4.78 is 14.5. The Balaban J connectivity index is 1.74. The van der Waals surface area contributed by atoms with E-state index in [2.05, 4.69) is 20.3 Å². The van der Waals surface area contributed by atoms with Gasteiger partial charge >= 0.3 is 0 Å². The summed E-state index contributed by atoms with van der Waals surface area (Å²) >= 11 is 1.50. The fourth-order valence-corrected chi connectivity index (χ4v) is 4.11. The zero-order valence-electron chi connectivity index (χ0n) is 14.2. The number of amidine groups is 1. The Hall–Kier alpha value is -2.67. The van der Waals surface area contributed by atoms with Crippen LogP contribution in [-0.2, 0) is 5.54 Å². The highest BCUT2D eigenvalue weighted by Gasteiger charge is 2.32. The Labute approximate surface area is 155 Å².